The van der Waals surface area contributed by atoms with Crippen molar-refractivity contribution in [2.45, 2.75) is 37.5 Å². The minimum atomic E-state index is -0.877. The van der Waals surface area contributed by atoms with E-state index < -0.39 is 5.41 Å². The van der Waals surface area contributed by atoms with Crippen LogP contribution in [0.5, 0.6) is 11.5 Å². The third kappa shape index (κ3) is 5.66. The molecule has 228 valence electrons. The Morgan fingerprint density at radius 1 is 0.750 bits per heavy atom. The monoisotopic (exact) mass is 652 g/mol. The van der Waals surface area contributed by atoms with Crippen molar-refractivity contribution in [1.82, 2.24) is 0 Å². The summed E-state index contributed by atoms with van der Waals surface area (Å²) in [6.45, 7) is 5.56. The minimum Gasteiger partial charge on any atom is -1.00 e. The lowest BCUT2D eigenvalue weighted by Gasteiger charge is -2.40. The highest BCUT2D eigenvalue weighted by molar-refractivity contribution is 5.91. The van der Waals surface area contributed by atoms with Crippen LogP contribution in [-0.4, -0.2) is 49.8 Å². The molecule has 1 amide bonds. The molecule has 3 aliphatic rings. The number of amides is 1. The number of quaternary nitrogens is 1. The summed E-state index contributed by atoms with van der Waals surface area (Å²) >= 11 is 0. The van der Waals surface area contributed by atoms with E-state index in [0.29, 0.717) is 0 Å². The number of carbonyl (C=O) groups excluding carboxylic acids is 1. The maximum Gasteiger partial charge on any atom is 0.233 e. The van der Waals surface area contributed by atoms with Crippen LogP contribution in [0.4, 0.5) is 0 Å². The fourth-order valence-corrected chi connectivity index (χ4v) is 8.00. The number of rotatable bonds is 10. The molecule has 0 aliphatic carbocycles. The van der Waals surface area contributed by atoms with E-state index in [9.17, 15) is 4.79 Å². The molecule has 44 heavy (non-hydrogen) atoms. The molecule has 2 N–H and O–H groups in total. The lowest BCUT2D eigenvalue weighted by molar-refractivity contribution is -0.918. The molecule has 1 atom stereocenters. The highest BCUT2D eigenvalue weighted by Crippen LogP contribution is 2.45. The van der Waals surface area contributed by atoms with Crippen LogP contribution in [0.25, 0.3) is 0 Å². The summed E-state index contributed by atoms with van der Waals surface area (Å²) in [6.07, 6.45) is 4.92. The minimum absolute atomic E-state index is 0. The van der Waals surface area contributed by atoms with Gasteiger partial charge in [-0.05, 0) is 45.5 Å². The Labute approximate surface area is 271 Å². The van der Waals surface area contributed by atoms with E-state index in [4.69, 9.17) is 15.2 Å². The predicted octanol–water partition coefficient (Wildman–Crippen LogP) is 2.65. The normalized spacial score (nSPS) is 18.0. The smallest absolute Gasteiger partial charge is 0.233 e. The summed E-state index contributed by atoms with van der Waals surface area (Å²) in [5.74, 6) is 1.90. The Kier molecular flexibility index (Phi) is 8.84. The molecule has 0 radical (unpaired) electrons. The first-order valence-electron chi connectivity index (χ1n) is 15.8. The summed E-state index contributed by atoms with van der Waals surface area (Å²) in [4.78, 5) is 13.8. The van der Waals surface area contributed by atoms with E-state index in [1.807, 2.05) is 36.4 Å². The van der Waals surface area contributed by atoms with Gasteiger partial charge in [0.2, 0.25) is 5.91 Å². The highest BCUT2D eigenvalue weighted by Gasteiger charge is 2.54. The average molecular weight is 654 g/mol. The third-order valence-electron chi connectivity index (χ3n) is 10.3. The number of nitrogens with zero attached hydrogens (tertiary/aromatic N) is 1. The molecule has 0 spiro atoms. The number of hydrogen-bond donors (Lipinski definition) is 1. The number of hydrogen-bond acceptors (Lipinski definition) is 3. The zero-order chi connectivity index (χ0) is 29.3. The Bertz CT molecular complexity index is 1510. The number of benzene rings is 4. The molecule has 5 nitrogen and oxygen atoms in total. The number of carbonyl (C=O) groups is 1. The molecule has 4 aromatic carbocycles. The van der Waals surface area contributed by atoms with E-state index in [0.717, 1.165) is 98.6 Å². The molecular formula is C38H41BrN2O3. The number of likely N-dealkylation sites (tertiary alicyclic amines) is 1. The predicted molar refractivity (Wildman–Crippen MR) is 169 cm³/mol. The number of nitrogens with two attached hydrogens (primary N) is 1. The number of fused-ring (bicyclic) bond motifs is 2. The van der Waals surface area contributed by atoms with Crippen molar-refractivity contribution in [2.75, 3.05) is 39.4 Å². The van der Waals surface area contributed by atoms with Crippen molar-refractivity contribution in [3.8, 4) is 11.5 Å². The Morgan fingerprint density at radius 3 is 1.73 bits per heavy atom. The molecule has 3 aliphatic heterocycles. The van der Waals surface area contributed by atoms with Crippen LogP contribution >= 0.6 is 0 Å². The van der Waals surface area contributed by atoms with Crippen molar-refractivity contribution >= 4 is 5.91 Å². The summed E-state index contributed by atoms with van der Waals surface area (Å²) < 4.78 is 12.5. The molecule has 0 bridgehead atoms. The van der Waals surface area contributed by atoms with Crippen LogP contribution in [0.3, 0.4) is 0 Å². The zero-order valence-electron chi connectivity index (χ0n) is 25.2. The van der Waals surface area contributed by atoms with Gasteiger partial charge in [-0.25, -0.2) is 0 Å². The summed E-state index contributed by atoms with van der Waals surface area (Å²) in [7, 11) is 0. The molecule has 1 saturated heterocycles. The highest BCUT2D eigenvalue weighted by atomic mass is 79.9. The third-order valence-corrected chi connectivity index (χ3v) is 10.3. The summed E-state index contributed by atoms with van der Waals surface area (Å²) in [5.41, 5.74) is 13.0. The Balaban J connectivity index is 0.00000343. The fourth-order valence-electron chi connectivity index (χ4n) is 8.00. The van der Waals surface area contributed by atoms with Gasteiger partial charge in [0.1, 0.15) is 16.9 Å². The van der Waals surface area contributed by atoms with Gasteiger partial charge < -0.3 is 36.7 Å². The molecule has 0 unspecified atom stereocenters. The molecule has 6 heteroatoms. The van der Waals surface area contributed by atoms with Crippen molar-refractivity contribution in [2.24, 2.45) is 11.7 Å². The average Bonchev–Trinajstić information content (AvgIpc) is 3.81. The van der Waals surface area contributed by atoms with Crippen LogP contribution in [0, 0.1) is 5.92 Å². The largest absolute Gasteiger partial charge is 1.00 e. The van der Waals surface area contributed by atoms with Gasteiger partial charge in [-0.15, -0.1) is 0 Å². The maximum absolute atomic E-state index is 13.8. The van der Waals surface area contributed by atoms with Gasteiger partial charge in [0, 0.05) is 38.0 Å². The first-order chi connectivity index (χ1) is 21.1. The van der Waals surface area contributed by atoms with Crippen LogP contribution in [0.2, 0.25) is 0 Å². The van der Waals surface area contributed by atoms with Crippen molar-refractivity contribution in [3.05, 3.63) is 130 Å². The van der Waals surface area contributed by atoms with Crippen LogP contribution < -0.4 is 32.2 Å². The van der Waals surface area contributed by atoms with E-state index in [1.54, 1.807) is 0 Å². The second-order valence-electron chi connectivity index (χ2n) is 12.7. The van der Waals surface area contributed by atoms with Gasteiger partial charge in [-0.1, -0.05) is 84.9 Å². The van der Waals surface area contributed by atoms with E-state index in [1.165, 1.54) is 22.3 Å². The molecule has 0 saturated carbocycles. The first-order valence-corrected chi connectivity index (χ1v) is 15.8. The first kappa shape index (κ1) is 30.4. The lowest BCUT2D eigenvalue weighted by Crippen LogP contribution is -3.00. The van der Waals surface area contributed by atoms with E-state index in [2.05, 4.69) is 60.7 Å². The van der Waals surface area contributed by atoms with E-state index >= 15 is 0 Å². The van der Waals surface area contributed by atoms with Crippen molar-refractivity contribution < 1.29 is 35.7 Å². The van der Waals surface area contributed by atoms with Gasteiger partial charge in [0.05, 0.1) is 39.4 Å². The summed E-state index contributed by atoms with van der Waals surface area (Å²) in [6, 6.07) is 33.9. The van der Waals surface area contributed by atoms with Crippen molar-refractivity contribution in [1.29, 1.82) is 0 Å². The van der Waals surface area contributed by atoms with Crippen LogP contribution in [-0.2, 0) is 35.9 Å². The molecule has 3 heterocycles. The van der Waals surface area contributed by atoms with Gasteiger partial charge in [0.15, 0.2) is 0 Å². The zero-order valence-corrected chi connectivity index (χ0v) is 26.8. The quantitative estimate of drug-likeness (QED) is 0.268. The molecular weight excluding hydrogens is 612 g/mol. The van der Waals surface area contributed by atoms with E-state index in [-0.39, 0.29) is 28.8 Å². The number of halogens is 1. The van der Waals surface area contributed by atoms with Crippen LogP contribution in [0.1, 0.15) is 39.8 Å². The fraction of sp³-hybridized carbons (Fsp3) is 0.342. The Morgan fingerprint density at radius 2 is 1.25 bits per heavy atom. The molecule has 0 aromatic heterocycles. The molecule has 7 rings (SSSR count). The van der Waals surface area contributed by atoms with Gasteiger partial charge >= 0.3 is 0 Å². The second kappa shape index (κ2) is 12.8. The molecule has 4 aromatic rings. The number of ether oxygens (including phenoxy) is 2. The van der Waals surface area contributed by atoms with Crippen LogP contribution in [0.15, 0.2) is 97.1 Å². The van der Waals surface area contributed by atoms with Crippen molar-refractivity contribution in [3.63, 3.8) is 0 Å². The van der Waals surface area contributed by atoms with Gasteiger partial charge in [-0.2, -0.15) is 0 Å². The Hall–Kier alpha value is -3.61. The SMILES string of the molecule is NC(=O)C(c1ccccc1)(c1ccccc1)[C@@H]1CC[N+](CCc2ccc3c(c2)CCO3)(CCc2ccc3c(c2)CCO3)C1.[Br-]. The maximum atomic E-state index is 13.8. The molecule has 1 fully saturated rings. The summed E-state index contributed by atoms with van der Waals surface area (Å²) in [5, 5.41) is 0. The standard InChI is InChI=1S/C38H40N2O3.BrH/c39-37(41)38(32-7-3-1-4-8-32,33-9-5-2-6-10-33)34-17-22-40(27-34,20-15-28-11-13-35-30(25-28)18-23-42-35)21-16-29-12-14-36-31(26-29)19-24-43-36;/h1-14,25-26,34H,15-24,27H2,(H-,39,41);1H/t34-;/m1./s1. The number of primary amides is 1. The van der Waals surface area contributed by atoms with Gasteiger partial charge in [0.25, 0.3) is 0 Å². The second-order valence-corrected chi connectivity index (χ2v) is 12.7. The lowest BCUT2D eigenvalue weighted by atomic mass is 9.64. The topological polar surface area (TPSA) is 61.6 Å². The van der Waals surface area contributed by atoms with Gasteiger partial charge in [-0.3, -0.25) is 4.79 Å².